The maximum atomic E-state index is 12.7. The molecule has 0 radical (unpaired) electrons. The molecule has 4 nitrogen and oxygen atoms in total. The van der Waals surface area contributed by atoms with Crippen molar-refractivity contribution in [3.8, 4) is 0 Å². The highest BCUT2D eigenvalue weighted by Crippen LogP contribution is 2.40. The summed E-state index contributed by atoms with van der Waals surface area (Å²) in [6.07, 6.45) is 3.91. The molecule has 1 aliphatic carbocycles. The van der Waals surface area contributed by atoms with Crippen molar-refractivity contribution in [1.82, 2.24) is 4.72 Å². The van der Waals surface area contributed by atoms with Crippen LogP contribution in [0.2, 0.25) is 0 Å². The van der Waals surface area contributed by atoms with Crippen LogP contribution in [-0.2, 0) is 29.3 Å². The van der Waals surface area contributed by atoms with E-state index < -0.39 is 15.9 Å². The number of amides is 1. The Bertz CT molecular complexity index is 980. The molecule has 158 valence electrons. The van der Waals surface area contributed by atoms with Crippen molar-refractivity contribution in [3.05, 3.63) is 51.2 Å². The number of thiophene rings is 1. The van der Waals surface area contributed by atoms with E-state index >= 15 is 0 Å². The quantitative estimate of drug-likeness (QED) is 0.703. The molecule has 0 saturated heterocycles. The van der Waals surface area contributed by atoms with E-state index in [4.69, 9.17) is 0 Å². The van der Waals surface area contributed by atoms with Gasteiger partial charge in [-0.05, 0) is 72.3 Å². The molecular weight excluding hydrogens is 402 g/mol. The second-order valence-corrected chi connectivity index (χ2v) is 12.4. The minimum absolute atomic E-state index is 0.118. The first-order valence-corrected chi connectivity index (χ1v) is 12.5. The molecule has 3 rings (SSSR count). The molecule has 0 fully saturated rings. The van der Waals surface area contributed by atoms with Crippen LogP contribution in [0, 0.1) is 17.3 Å². The molecule has 1 heterocycles. The van der Waals surface area contributed by atoms with Crippen LogP contribution in [0.1, 0.15) is 66.7 Å². The first kappa shape index (κ1) is 22.0. The number of carbonyl (C=O) groups is 1. The maximum Gasteiger partial charge on any atom is 0.275 e. The number of nitrogens with one attached hydrogen (secondary N) is 1. The van der Waals surface area contributed by atoms with Crippen LogP contribution < -0.4 is 4.72 Å². The summed E-state index contributed by atoms with van der Waals surface area (Å²) < 4.78 is 27.5. The van der Waals surface area contributed by atoms with Gasteiger partial charge in [0.05, 0.1) is 9.77 Å². The van der Waals surface area contributed by atoms with Crippen LogP contribution in [0.5, 0.6) is 0 Å². The third kappa shape index (κ3) is 5.28. The van der Waals surface area contributed by atoms with Crippen LogP contribution in [0.25, 0.3) is 0 Å². The molecule has 1 atom stereocenters. The summed E-state index contributed by atoms with van der Waals surface area (Å²) in [5.41, 5.74) is 2.51. The van der Waals surface area contributed by atoms with Gasteiger partial charge in [-0.3, -0.25) is 4.79 Å². The van der Waals surface area contributed by atoms with Gasteiger partial charge in [0.1, 0.15) is 0 Å². The second kappa shape index (κ2) is 8.23. The average molecular weight is 434 g/mol. The molecule has 29 heavy (non-hydrogen) atoms. The number of carbonyl (C=O) groups excluding carboxylic acids is 1. The first-order chi connectivity index (χ1) is 13.5. The van der Waals surface area contributed by atoms with E-state index in [-0.39, 0.29) is 10.3 Å². The summed E-state index contributed by atoms with van der Waals surface area (Å²) in [5, 5.41) is 0. The SMILES string of the molecule is CC(C)Cc1ccc(S(=O)(=O)NC(=O)c2cc3c(s2)CCC(C(C)(C)C)C3)cc1. The van der Waals surface area contributed by atoms with Gasteiger partial charge in [-0.2, -0.15) is 0 Å². The summed E-state index contributed by atoms with van der Waals surface area (Å²) in [7, 11) is -3.88. The predicted octanol–water partition coefficient (Wildman–Crippen LogP) is 5.22. The second-order valence-electron chi connectivity index (χ2n) is 9.54. The number of aryl methyl sites for hydroxylation is 1. The van der Waals surface area contributed by atoms with Crippen molar-refractivity contribution in [2.24, 2.45) is 17.3 Å². The van der Waals surface area contributed by atoms with Gasteiger partial charge in [0, 0.05) is 4.88 Å². The lowest BCUT2D eigenvalue weighted by molar-refractivity contribution is 0.0985. The fourth-order valence-electron chi connectivity index (χ4n) is 3.88. The van der Waals surface area contributed by atoms with Gasteiger partial charge in [-0.25, -0.2) is 13.1 Å². The van der Waals surface area contributed by atoms with Gasteiger partial charge in [0.25, 0.3) is 15.9 Å². The van der Waals surface area contributed by atoms with Crippen LogP contribution in [-0.4, -0.2) is 14.3 Å². The summed E-state index contributed by atoms with van der Waals surface area (Å²) >= 11 is 1.42. The van der Waals surface area contributed by atoms with Crippen molar-refractivity contribution in [2.45, 2.75) is 65.2 Å². The Labute approximate surface area is 178 Å². The largest absolute Gasteiger partial charge is 0.275 e. The molecule has 6 heteroatoms. The van der Waals surface area contributed by atoms with Gasteiger partial charge in [0.15, 0.2) is 0 Å². The lowest BCUT2D eigenvalue weighted by Gasteiger charge is -2.33. The molecule has 0 aliphatic heterocycles. The molecule has 1 N–H and O–H groups in total. The zero-order chi connectivity index (χ0) is 21.4. The Morgan fingerprint density at radius 2 is 1.86 bits per heavy atom. The molecule has 1 aromatic carbocycles. The van der Waals surface area contributed by atoms with Crippen LogP contribution >= 0.6 is 11.3 Å². The lowest BCUT2D eigenvalue weighted by Crippen LogP contribution is -2.30. The Morgan fingerprint density at radius 3 is 2.45 bits per heavy atom. The van der Waals surface area contributed by atoms with E-state index in [0.717, 1.165) is 31.2 Å². The smallest absolute Gasteiger partial charge is 0.267 e. The fourth-order valence-corrected chi connectivity index (χ4v) is 6.02. The lowest BCUT2D eigenvalue weighted by atomic mass is 9.72. The average Bonchev–Trinajstić information content (AvgIpc) is 3.04. The predicted molar refractivity (Wildman–Crippen MR) is 119 cm³/mol. The maximum absolute atomic E-state index is 12.7. The summed E-state index contributed by atoms with van der Waals surface area (Å²) in [6.45, 7) is 11.0. The van der Waals surface area contributed by atoms with E-state index in [1.54, 1.807) is 12.1 Å². The molecule has 1 amide bonds. The third-order valence-corrected chi connectivity index (χ3v) is 8.22. The van der Waals surface area contributed by atoms with Crippen molar-refractivity contribution >= 4 is 27.3 Å². The molecular formula is C23H31NO3S2. The third-order valence-electron chi connectivity index (χ3n) is 5.64. The van der Waals surface area contributed by atoms with Crippen LogP contribution in [0.3, 0.4) is 0 Å². The first-order valence-electron chi connectivity index (χ1n) is 10.2. The van der Waals surface area contributed by atoms with Crippen molar-refractivity contribution in [3.63, 3.8) is 0 Å². The monoisotopic (exact) mass is 433 g/mol. The Kier molecular flexibility index (Phi) is 6.25. The van der Waals surface area contributed by atoms with Crippen LogP contribution in [0.15, 0.2) is 35.2 Å². The molecule has 0 saturated carbocycles. The Morgan fingerprint density at radius 1 is 1.21 bits per heavy atom. The van der Waals surface area contributed by atoms with Crippen molar-refractivity contribution in [2.75, 3.05) is 0 Å². The number of hydrogen-bond donors (Lipinski definition) is 1. The number of sulfonamides is 1. The zero-order valence-corrected chi connectivity index (χ0v) is 19.5. The zero-order valence-electron chi connectivity index (χ0n) is 17.9. The Hall–Kier alpha value is -1.66. The van der Waals surface area contributed by atoms with Gasteiger partial charge in [-0.1, -0.05) is 46.8 Å². The molecule has 1 unspecified atom stereocenters. The van der Waals surface area contributed by atoms with E-state index in [2.05, 4.69) is 39.3 Å². The van der Waals surface area contributed by atoms with Gasteiger partial charge < -0.3 is 0 Å². The highest BCUT2D eigenvalue weighted by molar-refractivity contribution is 7.90. The number of benzene rings is 1. The Balaban J connectivity index is 1.73. The minimum Gasteiger partial charge on any atom is -0.267 e. The normalized spacial score (nSPS) is 17.2. The van der Waals surface area contributed by atoms with E-state index in [0.29, 0.717) is 16.7 Å². The number of fused-ring (bicyclic) bond motifs is 1. The number of hydrogen-bond acceptors (Lipinski definition) is 4. The molecule has 2 aromatic rings. The van der Waals surface area contributed by atoms with Gasteiger partial charge in [-0.15, -0.1) is 11.3 Å². The molecule has 1 aliphatic rings. The standard InChI is InChI=1S/C23H31NO3S2/c1-15(2)12-16-6-9-19(10-7-16)29(26,27)24-22(25)21-14-17-13-18(23(3,4)5)8-11-20(17)28-21/h6-7,9-10,14-15,18H,8,11-13H2,1-5H3,(H,24,25). The fraction of sp³-hybridized carbons (Fsp3) is 0.522. The topological polar surface area (TPSA) is 63.2 Å². The van der Waals surface area contributed by atoms with E-state index in [1.807, 2.05) is 18.2 Å². The minimum atomic E-state index is -3.88. The highest BCUT2D eigenvalue weighted by atomic mass is 32.2. The van der Waals surface area contributed by atoms with Gasteiger partial charge >= 0.3 is 0 Å². The van der Waals surface area contributed by atoms with Crippen molar-refractivity contribution in [1.29, 1.82) is 0 Å². The number of rotatable bonds is 5. The molecule has 0 bridgehead atoms. The summed E-state index contributed by atoms with van der Waals surface area (Å²) in [4.78, 5) is 14.5. The van der Waals surface area contributed by atoms with Crippen LogP contribution in [0.4, 0.5) is 0 Å². The van der Waals surface area contributed by atoms with E-state index in [9.17, 15) is 13.2 Å². The van der Waals surface area contributed by atoms with Crippen molar-refractivity contribution < 1.29 is 13.2 Å². The van der Waals surface area contributed by atoms with Gasteiger partial charge in [0.2, 0.25) is 0 Å². The molecule has 1 aromatic heterocycles. The van der Waals surface area contributed by atoms with E-state index in [1.165, 1.54) is 21.8 Å². The summed E-state index contributed by atoms with van der Waals surface area (Å²) in [5.74, 6) is 0.538. The molecule has 0 spiro atoms. The summed E-state index contributed by atoms with van der Waals surface area (Å²) in [6, 6.07) is 8.65. The highest BCUT2D eigenvalue weighted by Gasteiger charge is 2.31.